The van der Waals surface area contributed by atoms with Crippen LogP contribution in [0.1, 0.15) is 11.3 Å². The summed E-state index contributed by atoms with van der Waals surface area (Å²) in [5.41, 5.74) is -4.69. The van der Waals surface area contributed by atoms with Gasteiger partial charge in [0, 0.05) is 7.05 Å². The van der Waals surface area contributed by atoms with Gasteiger partial charge in [0.2, 0.25) is 5.75 Å². The Balaban J connectivity index is 2.15. The van der Waals surface area contributed by atoms with E-state index in [1.54, 1.807) is 0 Å². The van der Waals surface area contributed by atoms with Crippen molar-refractivity contribution in [2.24, 2.45) is 7.05 Å². The van der Waals surface area contributed by atoms with E-state index in [0.717, 1.165) is 12.1 Å². The Morgan fingerprint density at radius 3 is 2.39 bits per heavy atom. The van der Waals surface area contributed by atoms with Crippen molar-refractivity contribution in [3.8, 4) is 28.8 Å². The van der Waals surface area contributed by atoms with Gasteiger partial charge < -0.3 is 14.5 Å². The molecule has 2 heterocycles. The fourth-order valence-corrected chi connectivity index (χ4v) is 2.77. The van der Waals surface area contributed by atoms with Crippen molar-refractivity contribution in [1.82, 2.24) is 19.7 Å². The second-order valence-corrected chi connectivity index (χ2v) is 6.46. The maximum atomic E-state index is 13.6. The van der Waals surface area contributed by atoms with E-state index in [1.165, 1.54) is 25.0 Å². The summed E-state index contributed by atoms with van der Waals surface area (Å²) in [6.07, 6.45) is -8.74. The molecule has 0 aliphatic rings. The zero-order chi connectivity index (χ0) is 23.1. The number of alkyl halides is 6. The lowest BCUT2D eigenvalue weighted by Gasteiger charge is -2.15. The average Bonchev–Trinajstić information content (AvgIpc) is 3.03. The first-order valence-electron chi connectivity index (χ1n) is 8.15. The van der Waals surface area contributed by atoms with Gasteiger partial charge in [-0.3, -0.25) is 9.48 Å². The van der Waals surface area contributed by atoms with E-state index in [2.05, 4.69) is 15.1 Å². The van der Waals surface area contributed by atoms with Crippen LogP contribution in [-0.4, -0.2) is 26.9 Å². The van der Waals surface area contributed by atoms with Crippen LogP contribution in [0.25, 0.3) is 11.5 Å². The zero-order valence-electron chi connectivity index (χ0n) is 15.5. The molecular weight excluding hydrogens is 458 g/mol. The number of methoxy groups -OCH3 is 1. The van der Waals surface area contributed by atoms with E-state index in [0.29, 0.717) is 6.07 Å². The minimum atomic E-state index is -5.18. The highest BCUT2D eigenvalue weighted by atomic mass is 35.5. The molecular formula is C17H11ClF6N4O3. The Kier molecular flexibility index (Phi) is 5.65. The van der Waals surface area contributed by atoms with Gasteiger partial charge in [0.05, 0.1) is 23.9 Å². The van der Waals surface area contributed by atoms with Crippen LogP contribution in [-0.2, 0) is 19.4 Å². The number of aryl methyl sites for hydroxylation is 1. The molecule has 14 heteroatoms. The summed E-state index contributed by atoms with van der Waals surface area (Å²) in [5, 5.41) is 3.20. The minimum Gasteiger partial charge on any atom is -0.493 e. The van der Waals surface area contributed by atoms with Crippen molar-refractivity contribution >= 4 is 11.6 Å². The lowest BCUT2D eigenvalue weighted by Crippen LogP contribution is -2.21. The van der Waals surface area contributed by atoms with Gasteiger partial charge in [-0.05, 0) is 18.2 Å². The molecule has 0 atom stereocenters. The van der Waals surface area contributed by atoms with Gasteiger partial charge in [0.15, 0.2) is 23.0 Å². The number of hydrogen-bond donors (Lipinski definition) is 1. The number of hydrogen-bond acceptors (Lipinski definition) is 5. The van der Waals surface area contributed by atoms with Crippen molar-refractivity contribution in [3.05, 3.63) is 51.0 Å². The maximum absolute atomic E-state index is 13.6. The number of rotatable bonds is 4. The third-order valence-corrected chi connectivity index (χ3v) is 4.18. The Bertz CT molecular complexity index is 1190. The molecule has 0 amide bonds. The van der Waals surface area contributed by atoms with Crippen LogP contribution in [0, 0.1) is 0 Å². The number of aromatic nitrogens is 4. The molecule has 0 bridgehead atoms. The van der Waals surface area contributed by atoms with E-state index < -0.39 is 51.5 Å². The van der Waals surface area contributed by atoms with Gasteiger partial charge in [-0.25, -0.2) is 4.98 Å². The summed E-state index contributed by atoms with van der Waals surface area (Å²) in [7, 11) is 2.70. The first-order valence-corrected chi connectivity index (χ1v) is 8.53. The fraction of sp³-hybridized carbons (Fsp3) is 0.235. The summed E-state index contributed by atoms with van der Waals surface area (Å²) in [4.78, 5) is 17.8. The highest BCUT2D eigenvalue weighted by molar-refractivity contribution is 6.31. The predicted molar refractivity (Wildman–Crippen MR) is 95.1 cm³/mol. The highest BCUT2D eigenvalue weighted by Gasteiger charge is 2.40. The Labute approximate surface area is 174 Å². The monoisotopic (exact) mass is 468 g/mol. The van der Waals surface area contributed by atoms with Crippen molar-refractivity contribution in [3.63, 3.8) is 0 Å². The molecule has 0 saturated carbocycles. The smallest absolute Gasteiger partial charge is 0.437 e. The third kappa shape index (κ3) is 4.60. The molecule has 0 aliphatic carbocycles. The SMILES string of the molecule is COc1cn(C)nc1-c1nc(C(F)(F)F)c(Oc2ccc(Cl)c(C(F)(F)F)c2)c(=O)[nH]1. The molecule has 166 valence electrons. The van der Waals surface area contributed by atoms with Crippen molar-refractivity contribution in [2.45, 2.75) is 12.4 Å². The molecule has 0 spiro atoms. The highest BCUT2D eigenvalue weighted by Crippen LogP contribution is 2.40. The van der Waals surface area contributed by atoms with Crippen LogP contribution in [0.2, 0.25) is 5.02 Å². The second kappa shape index (κ2) is 7.80. The first kappa shape index (κ1) is 22.5. The van der Waals surface area contributed by atoms with Gasteiger partial charge in [-0.2, -0.15) is 31.4 Å². The number of halogens is 7. The number of nitrogens with zero attached hydrogens (tertiary/aromatic N) is 3. The Morgan fingerprint density at radius 1 is 1.13 bits per heavy atom. The number of ether oxygens (including phenoxy) is 2. The lowest BCUT2D eigenvalue weighted by atomic mass is 10.2. The van der Waals surface area contributed by atoms with Crippen molar-refractivity contribution in [1.29, 1.82) is 0 Å². The second-order valence-electron chi connectivity index (χ2n) is 6.05. The average molecular weight is 469 g/mol. The Hall–Kier alpha value is -3.22. The normalized spacial score (nSPS) is 12.2. The van der Waals surface area contributed by atoms with Crippen molar-refractivity contribution in [2.75, 3.05) is 7.11 Å². The van der Waals surface area contributed by atoms with E-state index in [4.69, 9.17) is 21.1 Å². The summed E-state index contributed by atoms with van der Waals surface area (Å²) in [6.45, 7) is 0. The van der Waals surface area contributed by atoms with Gasteiger partial charge in [0.1, 0.15) is 5.75 Å². The minimum absolute atomic E-state index is 0.0277. The van der Waals surface area contributed by atoms with Crippen LogP contribution in [0.4, 0.5) is 26.3 Å². The number of nitrogens with one attached hydrogen (secondary N) is 1. The summed E-state index contributed by atoms with van der Waals surface area (Å²) >= 11 is 5.48. The maximum Gasteiger partial charge on any atom is 0.437 e. The standard InChI is InChI=1S/C17H11ClF6N4O3/c1-28-6-10(30-2)11(27-28)14-25-13(17(22,23)24)12(15(29)26-14)31-7-3-4-9(18)8(5-7)16(19,20)21/h3-6H,1-2H3,(H,25,26,29). The zero-order valence-corrected chi connectivity index (χ0v) is 16.3. The molecule has 7 nitrogen and oxygen atoms in total. The van der Waals surface area contributed by atoms with Crippen molar-refractivity contribution < 1.29 is 35.8 Å². The largest absolute Gasteiger partial charge is 0.493 e. The van der Waals surface area contributed by atoms with Gasteiger partial charge >= 0.3 is 12.4 Å². The number of benzene rings is 1. The molecule has 3 aromatic rings. The molecule has 1 aromatic carbocycles. The fourth-order valence-electron chi connectivity index (χ4n) is 2.54. The number of aromatic amines is 1. The van der Waals surface area contributed by atoms with Crippen LogP contribution < -0.4 is 15.0 Å². The van der Waals surface area contributed by atoms with Gasteiger partial charge in [-0.1, -0.05) is 11.6 Å². The van der Waals surface area contributed by atoms with Gasteiger partial charge in [0.25, 0.3) is 5.56 Å². The van der Waals surface area contributed by atoms with Gasteiger partial charge in [-0.15, -0.1) is 0 Å². The van der Waals surface area contributed by atoms with E-state index in [1.807, 2.05) is 0 Å². The quantitative estimate of drug-likeness (QED) is 0.563. The van der Waals surface area contributed by atoms with Crippen LogP contribution in [0.15, 0.2) is 29.2 Å². The topological polar surface area (TPSA) is 82.0 Å². The number of H-pyrrole nitrogens is 1. The third-order valence-electron chi connectivity index (χ3n) is 3.85. The molecule has 0 saturated heterocycles. The Morgan fingerprint density at radius 2 is 1.81 bits per heavy atom. The summed E-state index contributed by atoms with van der Waals surface area (Å²) < 4.78 is 90.9. The summed E-state index contributed by atoms with van der Waals surface area (Å²) in [5.74, 6) is -2.59. The van der Waals surface area contributed by atoms with Crippen LogP contribution in [0.3, 0.4) is 0 Å². The molecule has 0 unspecified atom stereocenters. The van der Waals surface area contributed by atoms with Crippen LogP contribution in [0.5, 0.6) is 17.2 Å². The molecule has 0 aliphatic heterocycles. The summed E-state index contributed by atoms with van der Waals surface area (Å²) in [6, 6.07) is 2.03. The molecule has 0 radical (unpaired) electrons. The molecule has 31 heavy (non-hydrogen) atoms. The van der Waals surface area contributed by atoms with E-state index >= 15 is 0 Å². The predicted octanol–water partition coefficient (Wildman–Crippen LogP) is 4.66. The van der Waals surface area contributed by atoms with Crippen LogP contribution >= 0.6 is 11.6 Å². The molecule has 3 rings (SSSR count). The molecule has 0 fully saturated rings. The van der Waals surface area contributed by atoms with E-state index in [9.17, 15) is 31.1 Å². The molecule has 2 aromatic heterocycles. The first-order chi connectivity index (χ1) is 14.3. The molecule has 1 N–H and O–H groups in total. The lowest BCUT2D eigenvalue weighted by molar-refractivity contribution is -0.142. The van der Waals surface area contributed by atoms with E-state index in [-0.39, 0.29) is 11.4 Å².